The number of benzene rings is 8. The van der Waals surface area contributed by atoms with Gasteiger partial charge in [0.25, 0.3) is 0 Å². The van der Waals surface area contributed by atoms with Crippen molar-refractivity contribution < 1.29 is 4.42 Å². The van der Waals surface area contributed by atoms with Gasteiger partial charge in [-0.25, -0.2) is 15.0 Å². The zero-order valence-corrected chi connectivity index (χ0v) is 29.8. The molecule has 0 saturated carbocycles. The molecule has 8 aromatic carbocycles. The smallest absolute Gasteiger partial charge is 0.164 e. The maximum absolute atomic E-state index is 6.54. The van der Waals surface area contributed by atoms with Crippen LogP contribution in [0.2, 0.25) is 0 Å². The lowest BCUT2D eigenvalue weighted by Gasteiger charge is -2.14. The number of aromatic nitrogens is 3. The summed E-state index contributed by atoms with van der Waals surface area (Å²) in [6, 6.07) is 69.2. The average molecular weight is 704 g/mol. The molecule has 2 heterocycles. The molecule has 10 aromatic rings. The molecular formula is C51H33N3O. The number of hydrogen-bond acceptors (Lipinski definition) is 4. The third-order valence-electron chi connectivity index (χ3n) is 10.1. The van der Waals surface area contributed by atoms with Gasteiger partial charge in [0.1, 0.15) is 11.2 Å². The Bertz CT molecular complexity index is 2900. The minimum Gasteiger partial charge on any atom is -0.456 e. The highest BCUT2D eigenvalue weighted by Crippen LogP contribution is 2.39. The van der Waals surface area contributed by atoms with Gasteiger partial charge in [0.2, 0.25) is 0 Å². The molecule has 0 aliphatic heterocycles. The molecule has 55 heavy (non-hydrogen) atoms. The molecule has 0 unspecified atom stereocenters. The summed E-state index contributed by atoms with van der Waals surface area (Å²) in [7, 11) is 0. The molecule has 0 radical (unpaired) electrons. The first kappa shape index (κ1) is 32.2. The lowest BCUT2D eigenvalue weighted by molar-refractivity contribution is 0.669. The van der Waals surface area contributed by atoms with Crippen LogP contribution in [-0.4, -0.2) is 15.0 Å². The van der Waals surface area contributed by atoms with E-state index in [4.69, 9.17) is 19.4 Å². The van der Waals surface area contributed by atoms with Gasteiger partial charge in [-0.15, -0.1) is 0 Å². The number of fused-ring (bicyclic) bond motifs is 3. The van der Waals surface area contributed by atoms with Gasteiger partial charge in [-0.1, -0.05) is 164 Å². The summed E-state index contributed by atoms with van der Waals surface area (Å²) in [4.78, 5) is 15.7. The van der Waals surface area contributed by atoms with Gasteiger partial charge in [-0.3, -0.25) is 0 Å². The summed E-state index contributed by atoms with van der Waals surface area (Å²) in [6.45, 7) is 0. The molecule has 0 aliphatic carbocycles. The van der Waals surface area contributed by atoms with E-state index in [1.807, 2.05) is 36.4 Å². The molecular weight excluding hydrogens is 671 g/mol. The van der Waals surface area contributed by atoms with Crippen molar-refractivity contribution in [2.75, 3.05) is 0 Å². The molecule has 10 rings (SSSR count). The highest BCUT2D eigenvalue weighted by atomic mass is 16.3. The molecule has 0 N–H and O–H groups in total. The third kappa shape index (κ3) is 6.16. The van der Waals surface area contributed by atoms with Gasteiger partial charge in [-0.05, 0) is 80.9 Å². The van der Waals surface area contributed by atoms with Crippen molar-refractivity contribution in [3.8, 4) is 78.7 Å². The van der Waals surface area contributed by atoms with E-state index < -0.39 is 0 Å². The largest absolute Gasteiger partial charge is 0.456 e. The first-order valence-corrected chi connectivity index (χ1v) is 18.4. The second-order valence-corrected chi connectivity index (χ2v) is 13.6. The highest BCUT2D eigenvalue weighted by Gasteiger charge is 2.19. The van der Waals surface area contributed by atoms with E-state index in [1.165, 1.54) is 0 Å². The van der Waals surface area contributed by atoms with Crippen LogP contribution in [0.25, 0.3) is 101 Å². The summed E-state index contributed by atoms with van der Waals surface area (Å²) in [5.41, 5.74) is 13.1. The molecule has 0 spiro atoms. The van der Waals surface area contributed by atoms with Gasteiger partial charge in [-0.2, -0.15) is 0 Å². The topological polar surface area (TPSA) is 51.8 Å². The fourth-order valence-electron chi connectivity index (χ4n) is 7.48. The van der Waals surface area contributed by atoms with Crippen LogP contribution in [-0.2, 0) is 0 Å². The Morgan fingerprint density at radius 2 is 0.745 bits per heavy atom. The fraction of sp³-hybridized carbons (Fsp3) is 0. The molecule has 0 bridgehead atoms. The minimum atomic E-state index is 0.569. The van der Waals surface area contributed by atoms with Crippen molar-refractivity contribution in [3.63, 3.8) is 0 Å². The number of furan rings is 1. The highest BCUT2D eigenvalue weighted by molar-refractivity contribution is 6.13. The Balaban J connectivity index is 1.19. The van der Waals surface area contributed by atoms with Crippen molar-refractivity contribution in [2.24, 2.45) is 0 Å². The maximum Gasteiger partial charge on any atom is 0.164 e. The molecule has 0 atom stereocenters. The van der Waals surface area contributed by atoms with Gasteiger partial charge in [0, 0.05) is 27.5 Å². The molecule has 0 fully saturated rings. The summed E-state index contributed by atoms with van der Waals surface area (Å²) in [5, 5.41) is 2.14. The maximum atomic E-state index is 6.54. The van der Waals surface area contributed by atoms with Crippen LogP contribution < -0.4 is 0 Å². The van der Waals surface area contributed by atoms with Crippen molar-refractivity contribution in [1.82, 2.24) is 15.0 Å². The van der Waals surface area contributed by atoms with Gasteiger partial charge < -0.3 is 4.42 Å². The molecule has 0 aliphatic rings. The third-order valence-corrected chi connectivity index (χ3v) is 10.1. The quantitative estimate of drug-likeness (QED) is 0.166. The predicted molar refractivity (Wildman–Crippen MR) is 225 cm³/mol. The number of nitrogens with zero attached hydrogens (tertiary/aromatic N) is 3. The number of rotatable bonds is 7. The van der Waals surface area contributed by atoms with Crippen LogP contribution in [0.3, 0.4) is 0 Å². The van der Waals surface area contributed by atoms with Crippen LogP contribution in [0.5, 0.6) is 0 Å². The number of hydrogen-bond donors (Lipinski definition) is 0. The molecule has 4 nitrogen and oxygen atoms in total. The average Bonchev–Trinajstić information content (AvgIpc) is 3.66. The van der Waals surface area contributed by atoms with Crippen LogP contribution >= 0.6 is 0 Å². The Kier molecular flexibility index (Phi) is 8.12. The van der Waals surface area contributed by atoms with Crippen LogP contribution in [0.4, 0.5) is 0 Å². The van der Waals surface area contributed by atoms with Crippen molar-refractivity contribution in [1.29, 1.82) is 0 Å². The van der Waals surface area contributed by atoms with Crippen LogP contribution in [0, 0.1) is 0 Å². The second-order valence-electron chi connectivity index (χ2n) is 13.6. The van der Waals surface area contributed by atoms with E-state index in [-0.39, 0.29) is 0 Å². The van der Waals surface area contributed by atoms with E-state index in [0.717, 1.165) is 83.1 Å². The molecule has 0 saturated heterocycles. The van der Waals surface area contributed by atoms with Crippen LogP contribution in [0.1, 0.15) is 0 Å². The minimum absolute atomic E-state index is 0.569. The van der Waals surface area contributed by atoms with Gasteiger partial charge in [0.15, 0.2) is 17.5 Å². The van der Waals surface area contributed by atoms with Crippen molar-refractivity contribution >= 4 is 21.9 Å². The lowest BCUT2D eigenvalue weighted by Crippen LogP contribution is -2.01. The molecule has 258 valence electrons. The van der Waals surface area contributed by atoms with Crippen molar-refractivity contribution in [3.05, 3.63) is 200 Å². The first-order valence-electron chi connectivity index (χ1n) is 18.4. The summed E-state index contributed by atoms with van der Waals surface area (Å²) >= 11 is 0. The molecule has 4 heteroatoms. The monoisotopic (exact) mass is 703 g/mol. The van der Waals surface area contributed by atoms with E-state index in [0.29, 0.717) is 17.5 Å². The van der Waals surface area contributed by atoms with Gasteiger partial charge in [0.05, 0.1) is 0 Å². The standard InChI is InChI=1S/C51H33N3O/c1-5-16-34(17-6-1)39-30-40(35-18-7-2-8-19-35)32-41(31-39)50-52-49(53-51(54-50)44-25-14-13-24-42(44)36-20-9-3-10-21-36)38-28-29-45-47(33-38)55-46-27-15-26-43(48(45)46)37-22-11-4-12-23-37/h1-33H. The zero-order valence-electron chi connectivity index (χ0n) is 29.8. The lowest BCUT2D eigenvalue weighted by atomic mass is 9.95. The van der Waals surface area contributed by atoms with E-state index in [1.54, 1.807) is 0 Å². The summed E-state index contributed by atoms with van der Waals surface area (Å²) < 4.78 is 6.54. The fourth-order valence-corrected chi connectivity index (χ4v) is 7.48. The van der Waals surface area contributed by atoms with E-state index in [9.17, 15) is 0 Å². The van der Waals surface area contributed by atoms with E-state index in [2.05, 4.69) is 164 Å². The first-order chi connectivity index (χ1) is 27.2. The Morgan fingerprint density at radius 1 is 0.273 bits per heavy atom. The molecule has 0 amide bonds. The summed E-state index contributed by atoms with van der Waals surface area (Å²) in [6.07, 6.45) is 0. The predicted octanol–water partition coefficient (Wildman–Crippen LogP) is 13.4. The second kappa shape index (κ2) is 13.8. The van der Waals surface area contributed by atoms with Crippen LogP contribution in [0.15, 0.2) is 205 Å². The Hall–Kier alpha value is -7.43. The zero-order chi connectivity index (χ0) is 36.6. The Labute approximate surface area is 319 Å². The SMILES string of the molecule is c1ccc(-c2cc(-c3ccccc3)cc(-c3nc(-c4ccc5c(c4)oc4cccc(-c6ccccc6)c45)nc(-c4ccccc4-c4ccccc4)n3)c2)cc1. The summed E-state index contributed by atoms with van der Waals surface area (Å²) in [5.74, 6) is 1.76. The van der Waals surface area contributed by atoms with Gasteiger partial charge >= 0.3 is 0 Å². The Morgan fingerprint density at radius 3 is 1.36 bits per heavy atom. The van der Waals surface area contributed by atoms with E-state index >= 15 is 0 Å². The molecule has 2 aromatic heterocycles. The normalized spacial score (nSPS) is 11.3. The van der Waals surface area contributed by atoms with Crippen molar-refractivity contribution in [2.45, 2.75) is 0 Å².